The summed E-state index contributed by atoms with van der Waals surface area (Å²) < 4.78 is 0. The Bertz CT molecular complexity index is 816. The largest absolute Gasteiger partial charge is 0.386 e. The summed E-state index contributed by atoms with van der Waals surface area (Å²) in [6, 6.07) is 15.6. The number of ketones is 1. The number of carbonyl (C=O) groups is 1. The molecule has 2 N–H and O–H groups in total. The van der Waals surface area contributed by atoms with Crippen molar-refractivity contribution in [2.45, 2.75) is 65.3 Å². The summed E-state index contributed by atoms with van der Waals surface area (Å²) in [6.07, 6.45) is 1.01. The number of hydrogen-bond donors (Lipinski definition) is 2. The highest BCUT2D eigenvalue weighted by Crippen LogP contribution is 2.26. The van der Waals surface area contributed by atoms with E-state index in [1.807, 2.05) is 30.3 Å². The highest BCUT2D eigenvalue weighted by Gasteiger charge is 2.25. The quantitative estimate of drug-likeness (QED) is 0.552. The molecule has 0 aliphatic rings. The summed E-state index contributed by atoms with van der Waals surface area (Å²) in [5, 5.41) is 20.3. The van der Waals surface area contributed by atoms with Crippen LogP contribution in [0.4, 0.5) is 0 Å². The Kier molecular flexibility index (Phi) is 7.75. The molecule has 0 saturated heterocycles. The smallest absolute Gasteiger partial charge is 0.193 e. The maximum Gasteiger partial charge on any atom is 0.193 e. The van der Waals surface area contributed by atoms with E-state index in [0.717, 1.165) is 36.2 Å². The lowest BCUT2D eigenvalue weighted by Gasteiger charge is -2.24. The number of nitrogens with zero attached hydrogens (tertiary/aromatic N) is 1. The van der Waals surface area contributed by atoms with Crippen LogP contribution in [0.3, 0.4) is 0 Å². The molecule has 2 aromatic rings. The zero-order chi connectivity index (χ0) is 22.5. The molecular formula is C26H35NO3. The summed E-state index contributed by atoms with van der Waals surface area (Å²) in [4.78, 5) is 14.7. The monoisotopic (exact) mass is 409 g/mol. The molecule has 0 atom stereocenters. The van der Waals surface area contributed by atoms with Gasteiger partial charge in [0.15, 0.2) is 5.78 Å². The normalized spacial score (nSPS) is 12.3. The first-order valence-corrected chi connectivity index (χ1v) is 10.5. The van der Waals surface area contributed by atoms with Crippen molar-refractivity contribution in [1.82, 2.24) is 4.90 Å². The molecule has 0 aromatic heterocycles. The molecule has 4 heteroatoms. The van der Waals surface area contributed by atoms with E-state index in [2.05, 4.69) is 30.5 Å². The molecule has 4 nitrogen and oxygen atoms in total. The summed E-state index contributed by atoms with van der Waals surface area (Å²) in [7, 11) is 0. The highest BCUT2D eigenvalue weighted by molar-refractivity contribution is 6.01. The van der Waals surface area contributed by atoms with Crippen molar-refractivity contribution in [3.63, 3.8) is 0 Å². The first-order chi connectivity index (χ1) is 13.9. The molecule has 30 heavy (non-hydrogen) atoms. The van der Waals surface area contributed by atoms with Gasteiger partial charge < -0.3 is 10.2 Å². The van der Waals surface area contributed by atoms with Crippen LogP contribution in [0.2, 0.25) is 0 Å². The van der Waals surface area contributed by atoms with Gasteiger partial charge >= 0.3 is 0 Å². The molecule has 0 aliphatic heterocycles. The van der Waals surface area contributed by atoms with E-state index in [0.29, 0.717) is 17.7 Å². The van der Waals surface area contributed by atoms with Crippen molar-refractivity contribution >= 4 is 11.4 Å². The molecule has 0 amide bonds. The van der Waals surface area contributed by atoms with Crippen LogP contribution in [0.5, 0.6) is 0 Å². The van der Waals surface area contributed by atoms with E-state index in [4.69, 9.17) is 0 Å². The Labute approximate surface area is 180 Å². The van der Waals surface area contributed by atoms with E-state index in [1.165, 1.54) is 13.8 Å². The fourth-order valence-electron chi connectivity index (χ4n) is 3.42. The first kappa shape index (κ1) is 24.0. The number of benzene rings is 2. The van der Waals surface area contributed by atoms with Crippen LogP contribution in [0.15, 0.2) is 55.1 Å². The van der Waals surface area contributed by atoms with Crippen molar-refractivity contribution in [3.05, 3.63) is 77.4 Å². The zero-order valence-electron chi connectivity index (χ0n) is 18.9. The molecule has 0 aliphatic carbocycles. The molecule has 0 saturated carbocycles. The van der Waals surface area contributed by atoms with Crippen LogP contribution in [0, 0.1) is 0 Å². The van der Waals surface area contributed by atoms with Crippen molar-refractivity contribution in [2.24, 2.45) is 0 Å². The van der Waals surface area contributed by atoms with Gasteiger partial charge in [0, 0.05) is 18.7 Å². The van der Waals surface area contributed by atoms with Crippen LogP contribution >= 0.6 is 0 Å². The van der Waals surface area contributed by atoms with Gasteiger partial charge in [0.25, 0.3) is 0 Å². The van der Waals surface area contributed by atoms with Gasteiger partial charge in [-0.05, 0) is 69.0 Å². The fourth-order valence-corrected chi connectivity index (χ4v) is 3.42. The van der Waals surface area contributed by atoms with E-state index in [-0.39, 0.29) is 5.78 Å². The average Bonchev–Trinajstić information content (AvgIpc) is 2.66. The summed E-state index contributed by atoms with van der Waals surface area (Å²) in [5.41, 5.74) is 2.00. The van der Waals surface area contributed by atoms with Gasteiger partial charge in [-0.3, -0.25) is 9.69 Å². The number of hydrogen-bond acceptors (Lipinski definition) is 4. The minimum absolute atomic E-state index is 0.274. The lowest BCUT2D eigenvalue weighted by Crippen LogP contribution is -2.31. The molecule has 2 aromatic carbocycles. The third-order valence-electron chi connectivity index (χ3n) is 5.11. The first-order valence-electron chi connectivity index (χ1n) is 10.5. The Morgan fingerprint density at radius 2 is 1.40 bits per heavy atom. The number of carbonyl (C=O) groups excluding carboxylic acids is 1. The predicted molar refractivity (Wildman–Crippen MR) is 123 cm³/mol. The molecule has 0 unspecified atom stereocenters. The molecule has 0 radical (unpaired) electrons. The van der Waals surface area contributed by atoms with Crippen LogP contribution < -0.4 is 0 Å². The maximum absolute atomic E-state index is 12.4. The third-order valence-corrected chi connectivity index (χ3v) is 5.11. The van der Waals surface area contributed by atoms with Crippen LogP contribution in [-0.2, 0) is 13.1 Å². The Morgan fingerprint density at radius 3 is 1.87 bits per heavy atom. The van der Waals surface area contributed by atoms with Gasteiger partial charge in [0.2, 0.25) is 0 Å². The van der Waals surface area contributed by atoms with Crippen LogP contribution in [0.25, 0.3) is 5.57 Å². The fraction of sp³-hybridized carbons (Fsp3) is 0.423. The molecule has 2 rings (SSSR count). The highest BCUT2D eigenvalue weighted by atomic mass is 16.3. The minimum atomic E-state index is -1.38. The lowest BCUT2D eigenvalue weighted by molar-refractivity contribution is 0.0488. The molecular weight excluding hydrogens is 374 g/mol. The van der Waals surface area contributed by atoms with E-state index >= 15 is 0 Å². The second-order valence-electron chi connectivity index (χ2n) is 9.04. The summed E-state index contributed by atoms with van der Waals surface area (Å²) in [6.45, 7) is 15.1. The number of Topliss-reactive ketones (excluding diaryl/α,β-unsaturated/α-hetero) is 1. The van der Waals surface area contributed by atoms with E-state index in [9.17, 15) is 15.0 Å². The molecule has 0 spiro atoms. The third kappa shape index (κ3) is 6.63. The Balaban J connectivity index is 2.20. The molecule has 0 heterocycles. The minimum Gasteiger partial charge on any atom is -0.386 e. The van der Waals surface area contributed by atoms with Crippen molar-refractivity contribution in [2.75, 3.05) is 6.54 Å². The Hall–Kier alpha value is -2.27. The summed E-state index contributed by atoms with van der Waals surface area (Å²) >= 11 is 0. The van der Waals surface area contributed by atoms with Gasteiger partial charge in [-0.25, -0.2) is 0 Å². The average molecular weight is 410 g/mol. The summed E-state index contributed by atoms with van der Waals surface area (Å²) in [5.74, 6) is -0.274. The zero-order valence-corrected chi connectivity index (χ0v) is 18.9. The van der Waals surface area contributed by atoms with Crippen LogP contribution in [-0.4, -0.2) is 38.6 Å². The molecule has 0 bridgehead atoms. The maximum atomic E-state index is 12.4. The number of aliphatic hydroxyl groups is 2. The predicted octanol–water partition coefficient (Wildman–Crippen LogP) is 4.84. The van der Waals surface area contributed by atoms with Gasteiger partial charge in [-0.2, -0.15) is 0 Å². The lowest BCUT2D eigenvalue weighted by atomic mass is 9.92. The topological polar surface area (TPSA) is 60.8 Å². The standard InChI is InChI=1S/C26H35NO3/c1-7-14-27(17-20-10-8-12-22(15-20)19(2)25(3,4)29)18-21-11-9-13-23(16-21)24(28)26(5,6)30/h8-13,15-16,29-30H,2,7,14,17-18H2,1,3-6H3. The van der Waals surface area contributed by atoms with Crippen LogP contribution in [0.1, 0.15) is 68.1 Å². The SMILES string of the molecule is C=C(c1cccc(CN(CCC)Cc2cccc(C(=O)C(C)(C)O)c2)c1)C(C)(C)O. The van der Waals surface area contributed by atoms with E-state index in [1.54, 1.807) is 19.9 Å². The van der Waals surface area contributed by atoms with Gasteiger partial charge in [-0.15, -0.1) is 0 Å². The van der Waals surface area contributed by atoms with Gasteiger partial charge in [0.05, 0.1) is 5.60 Å². The second kappa shape index (κ2) is 9.69. The van der Waals surface area contributed by atoms with Gasteiger partial charge in [0.1, 0.15) is 5.60 Å². The number of rotatable bonds is 10. The molecule has 0 fully saturated rings. The molecule has 162 valence electrons. The van der Waals surface area contributed by atoms with E-state index < -0.39 is 11.2 Å². The second-order valence-corrected chi connectivity index (χ2v) is 9.04. The van der Waals surface area contributed by atoms with Crippen molar-refractivity contribution < 1.29 is 15.0 Å². The van der Waals surface area contributed by atoms with Crippen molar-refractivity contribution in [3.8, 4) is 0 Å². The van der Waals surface area contributed by atoms with Crippen molar-refractivity contribution in [1.29, 1.82) is 0 Å². The Morgan fingerprint density at radius 1 is 0.900 bits per heavy atom. The van der Waals surface area contributed by atoms with Gasteiger partial charge in [-0.1, -0.05) is 56.0 Å².